The molecule has 1 amide bonds. The van der Waals surface area contributed by atoms with E-state index < -0.39 is 16.9 Å². The third-order valence-electron chi connectivity index (χ3n) is 3.07. The number of carbonyl (C=O) groups is 1. The highest BCUT2D eigenvalue weighted by molar-refractivity contribution is 6.30. The summed E-state index contributed by atoms with van der Waals surface area (Å²) in [6.07, 6.45) is -0.972. The fraction of sp³-hybridized carbons (Fsp3) is 0.125. The molecule has 0 aliphatic rings. The van der Waals surface area contributed by atoms with Gasteiger partial charge in [0.05, 0.1) is 16.6 Å². The Morgan fingerprint density at radius 2 is 2.00 bits per heavy atom. The van der Waals surface area contributed by atoms with Gasteiger partial charge in [0, 0.05) is 16.8 Å². The molecule has 0 saturated heterocycles. The monoisotopic (exact) mass is 345 g/mol. The molecule has 0 aliphatic carbocycles. The number of nitrogens with zero attached hydrogens (tertiary/aromatic N) is 2. The summed E-state index contributed by atoms with van der Waals surface area (Å²) in [4.78, 5) is 22.5. The Kier molecular flexibility index (Phi) is 5.35. The van der Waals surface area contributed by atoms with Crippen molar-refractivity contribution in [3.63, 3.8) is 0 Å². The van der Waals surface area contributed by atoms with E-state index in [-0.39, 0.29) is 16.5 Å². The molecule has 0 heterocycles. The maximum Gasteiger partial charge on any atom is 0.312 e. The van der Waals surface area contributed by atoms with Gasteiger partial charge in [0.15, 0.2) is 11.9 Å². The Morgan fingerprint density at radius 3 is 2.58 bits per heavy atom. The topological polar surface area (TPSA) is 105 Å². The minimum Gasteiger partial charge on any atom is -0.474 e. The number of amides is 1. The first-order valence-electron chi connectivity index (χ1n) is 6.82. The fourth-order valence-electron chi connectivity index (χ4n) is 1.85. The molecule has 0 fully saturated rings. The number of hydrogen-bond donors (Lipinski definition) is 1. The summed E-state index contributed by atoms with van der Waals surface area (Å²) in [5.74, 6) is -0.532. The lowest BCUT2D eigenvalue weighted by Gasteiger charge is -2.15. The molecule has 122 valence electrons. The molecule has 1 atom stereocenters. The van der Waals surface area contributed by atoms with Crippen LogP contribution in [-0.2, 0) is 4.79 Å². The molecule has 7 nitrogen and oxygen atoms in total. The number of halogens is 1. The number of rotatable bonds is 5. The zero-order valence-corrected chi connectivity index (χ0v) is 13.3. The molecule has 0 unspecified atom stereocenters. The molecule has 0 bridgehead atoms. The van der Waals surface area contributed by atoms with Crippen LogP contribution in [0.3, 0.4) is 0 Å². The van der Waals surface area contributed by atoms with Gasteiger partial charge in [-0.2, -0.15) is 5.26 Å². The van der Waals surface area contributed by atoms with Crippen LogP contribution in [0.5, 0.6) is 5.75 Å². The van der Waals surface area contributed by atoms with E-state index in [9.17, 15) is 14.9 Å². The van der Waals surface area contributed by atoms with Gasteiger partial charge in [-0.1, -0.05) is 11.6 Å². The number of anilines is 1. The van der Waals surface area contributed by atoms with Gasteiger partial charge in [-0.25, -0.2) is 0 Å². The number of nitro groups is 1. The number of hydrogen-bond acceptors (Lipinski definition) is 5. The van der Waals surface area contributed by atoms with E-state index in [0.717, 1.165) is 6.07 Å². The summed E-state index contributed by atoms with van der Waals surface area (Å²) in [6.45, 7) is 1.47. The van der Waals surface area contributed by atoms with Crippen LogP contribution in [-0.4, -0.2) is 16.9 Å². The summed E-state index contributed by atoms with van der Waals surface area (Å²) in [6, 6.07) is 12.2. The number of benzene rings is 2. The Labute approximate surface area is 142 Å². The van der Waals surface area contributed by atoms with E-state index >= 15 is 0 Å². The smallest absolute Gasteiger partial charge is 0.312 e. The SMILES string of the molecule is C[C@H](Oc1ccc(Cl)cc1[N+](=O)[O-])C(=O)Nc1ccc(C#N)cc1. The van der Waals surface area contributed by atoms with Gasteiger partial charge in [0.1, 0.15) is 0 Å². The highest BCUT2D eigenvalue weighted by Gasteiger charge is 2.21. The van der Waals surface area contributed by atoms with Crippen molar-refractivity contribution in [2.24, 2.45) is 0 Å². The molecular weight excluding hydrogens is 334 g/mol. The molecule has 1 N–H and O–H groups in total. The summed E-state index contributed by atoms with van der Waals surface area (Å²) >= 11 is 5.73. The van der Waals surface area contributed by atoms with Crippen LogP contribution in [0.4, 0.5) is 11.4 Å². The first-order valence-corrected chi connectivity index (χ1v) is 7.20. The van der Waals surface area contributed by atoms with Crippen molar-refractivity contribution in [3.05, 3.63) is 63.2 Å². The highest BCUT2D eigenvalue weighted by Crippen LogP contribution is 2.30. The summed E-state index contributed by atoms with van der Waals surface area (Å²) < 4.78 is 5.38. The average molecular weight is 346 g/mol. The van der Waals surface area contributed by atoms with Crippen LogP contribution < -0.4 is 10.1 Å². The predicted octanol–water partition coefficient (Wildman–Crippen LogP) is 3.53. The van der Waals surface area contributed by atoms with Gasteiger partial charge in [0.25, 0.3) is 5.91 Å². The molecule has 2 rings (SSSR count). The zero-order valence-electron chi connectivity index (χ0n) is 12.5. The van der Waals surface area contributed by atoms with Crippen LogP contribution in [0, 0.1) is 21.4 Å². The normalized spacial score (nSPS) is 11.2. The van der Waals surface area contributed by atoms with Gasteiger partial charge in [-0.15, -0.1) is 0 Å². The maximum absolute atomic E-state index is 12.1. The fourth-order valence-corrected chi connectivity index (χ4v) is 2.02. The lowest BCUT2D eigenvalue weighted by Crippen LogP contribution is -2.30. The first kappa shape index (κ1) is 17.2. The number of nitrogens with one attached hydrogen (secondary N) is 1. The Bertz CT molecular complexity index is 815. The number of ether oxygens (including phenoxy) is 1. The van der Waals surface area contributed by atoms with Crippen molar-refractivity contribution in [3.8, 4) is 11.8 Å². The quantitative estimate of drug-likeness (QED) is 0.659. The van der Waals surface area contributed by atoms with Crippen LogP contribution in [0.2, 0.25) is 5.02 Å². The lowest BCUT2D eigenvalue weighted by molar-refractivity contribution is -0.386. The van der Waals surface area contributed by atoms with Crippen molar-refractivity contribution in [1.29, 1.82) is 5.26 Å². The minimum atomic E-state index is -0.972. The molecular formula is C16H12ClN3O4. The predicted molar refractivity (Wildman–Crippen MR) is 88.0 cm³/mol. The second-order valence-corrected chi connectivity index (χ2v) is 5.24. The number of carbonyl (C=O) groups excluding carboxylic acids is 1. The van der Waals surface area contributed by atoms with E-state index in [4.69, 9.17) is 21.6 Å². The van der Waals surface area contributed by atoms with Gasteiger partial charge < -0.3 is 10.1 Å². The van der Waals surface area contributed by atoms with E-state index in [1.807, 2.05) is 6.07 Å². The van der Waals surface area contributed by atoms with Crippen molar-refractivity contribution < 1.29 is 14.5 Å². The van der Waals surface area contributed by atoms with Gasteiger partial charge in [0.2, 0.25) is 0 Å². The van der Waals surface area contributed by atoms with E-state index in [1.54, 1.807) is 24.3 Å². The highest BCUT2D eigenvalue weighted by atomic mass is 35.5. The van der Waals surface area contributed by atoms with E-state index in [2.05, 4.69) is 5.32 Å². The molecule has 0 radical (unpaired) electrons. The van der Waals surface area contributed by atoms with Crippen LogP contribution in [0.15, 0.2) is 42.5 Å². The third-order valence-corrected chi connectivity index (χ3v) is 3.31. The first-order chi connectivity index (χ1) is 11.4. The average Bonchev–Trinajstić information content (AvgIpc) is 2.56. The summed E-state index contributed by atoms with van der Waals surface area (Å²) in [5, 5.41) is 22.5. The number of nitro benzene ring substituents is 1. The molecule has 2 aromatic carbocycles. The standard InChI is InChI=1S/C16H12ClN3O4/c1-10(16(21)19-13-5-2-11(9-18)3-6-13)24-15-7-4-12(17)8-14(15)20(22)23/h2-8,10H,1H3,(H,19,21)/t10-/m0/s1. The van der Waals surface area contributed by atoms with Crippen LogP contribution in [0.25, 0.3) is 0 Å². The molecule has 0 aliphatic heterocycles. The largest absolute Gasteiger partial charge is 0.474 e. The molecule has 0 aromatic heterocycles. The minimum absolute atomic E-state index is 0.0492. The molecule has 0 saturated carbocycles. The third kappa shape index (κ3) is 4.21. The molecule has 0 spiro atoms. The van der Waals surface area contributed by atoms with Crippen molar-refractivity contribution >= 4 is 28.9 Å². The zero-order chi connectivity index (χ0) is 17.7. The van der Waals surface area contributed by atoms with Gasteiger partial charge in [-0.05, 0) is 43.3 Å². The second-order valence-electron chi connectivity index (χ2n) is 4.81. The van der Waals surface area contributed by atoms with Crippen molar-refractivity contribution in [2.45, 2.75) is 13.0 Å². The Morgan fingerprint density at radius 1 is 1.33 bits per heavy atom. The Hall–Kier alpha value is -3.11. The number of nitriles is 1. The van der Waals surface area contributed by atoms with E-state index in [1.165, 1.54) is 19.1 Å². The molecule has 2 aromatic rings. The second kappa shape index (κ2) is 7.44. The van der Waals surface area contributed by atoms with E-state index in [0.29, 0.717) is 11.3 Å². The lowest BCUT2D eigenvalue weighted by atomic mass is 10.2. The van der Waals surface area contributed by atoms with Gasteiger partial charge >= 0.3 is 5.69 Å². The molecule has 24 heavy (non-hydrogen) atoms. The summed E-state index contributed by atoms with van der Waals surface area (Å²) in [7, 11) is 0. The van der Waals surface area contributed by atoms with Gasteiger partial charge in [-0.3, -0.25) is 14.9 Å². The van der Waals surface area contributed by atoms with Crippen molar-refractivity contribution in [1.82, 2.24) is 0 Å². The summed E-state index contributed by atoms with van der Waals surface area (Å²) in [5.41, 5.74) is 0.634. The van der Waals surface area contributed by atoms with Crippen molar-refractivity contribution in [2.75, 3.05) is 5.32 Å². The molecule has 8 heteroatoms. The van der Waals surface area contributed by atoms with Crippen LogP contribution >= 0.6 is 11.6 Å². The van der Waals surface area contributed by atoms with Crippen LogP contribution in [0.1, 0.15) is 12.5 Å². The maximum atomic E-state index is 12.1. The Balaban J connectivity index is 2.09.